The summed E-state index contributed by atoms with van der Waals surface area (Å²) in [5, 5.41) is 21.2. The summed E-state index contributed by atoms with van der Waals surface area (Å²) in [5.74, 6) is -0.0767. The largest absolute Gasteiger partial charge is 0.392 e. The molecule has 2 aromatic carbocycles. The van der Waals surface area contributed by atoms with Gasteiger partial charge in [0.15, 0.2) is 10.6 Å². The van der Waals surface area contributed by atoms with Crippen LogP contribution in [-0.4, -0.2) is 36.9 Å². The number of aromatic nitrogens is 2. The van der Waals surface area contributed by atoms with Crippen molar-refractivity contribution in [2.75, 3.05) is 11.1 Å². The first-order valence-corrected chi connectivity index (χ1v) is 14.0. The van der Waals surface area contributed by atoms with Gasteiger partial charge in [0.05, 0.1) is 18.8 Å². The van der Waals surface area contributed by atoms with Crippen LogP contribution in [0, 0.1) is 12.8 Å². The lowest BCUT2D eigenvalue weighted by Crippen LogP contribution is -2.38. The number of rotatable bonds is 7. The molecule has 0 bridgehead atoms. The Morgan fingerprint density at radius 2 is 1.89 bits per heavy atom. The number of aliphatic hydroxyl groups is 1. The molecule has 0 saturated carbocycles. The van der Waals surface area contributed by atoms with Crippen LogP contribution in [0.25, 0.3) is 0 Å². The zero-order chi connectivity index (χ0) is 25.9. The summed E-state index contributed by atoms with van der Waals surface area (Å²) in [4.78, 5) is 12.1. The number of hydrogen-bond donors (Lipinski definition) is 2. The highest BCUT2D eigenvalue weighted by Gasteiger charge is 2.39. The van der Waals surface area contributed by atoms with Crippen molar-refractivity contribution in [3.05, 3.63) is 70.2 Å². The molecule has 0 radical (unpaired) electrons. The molecule has 1 saturated heterocycles. The lowest BCUT2D eigenvalue weighted by atomic mass is 9.91. The van der Waals surface area contributed by atoms with Gasteiger partial charge < -0.3 is 19.9 Å². The minimum Gasteiger partial charge on any atom is -0.392 e. The number of hydrogen-bond acceptors (Lipinski definition) is 8. The van der Waals surface area contributed by atoms with E-state index >= 15 is 0 Å². The summed E-state index contributed by atoms with van der Waals surface area (Å²) in [6, 6.07) is 14.8. The van der Waals surface area contributed by atoms with Crippen LogP contribution in [0.5, 0.6) is 0 Å². The van der Waals surface area contributed by atoms with E-state index in [9.17, 15) is 9.90 Å². The van der Waals surface area contributed by atoms with Gasteiger partial charge in [0.1, 0.15) is 5.01 Å². The highest BCUT2D eigenvalue weighted by molar-refractivity contribution is 8.01. The SMILES string of the molecule is Cc1nnc(SC[C@H]2O[C@@H](c3cccc(NC(=O)C(Cl)(Cl)Cl)c3)O[C@@H](c3ccc(CO)cc3)[C@H]2C)s1. The van der Waals surface area contributed by atoms with E-state index < -0.39 is 16.0 Å². The number of nitrogens with zero attached hydrogens (tertiary/aromatic N) is 2. The maximum atomic E-state index is 12.1. The third-order valence-electron chi connectivity index (χ3n) is 5.68. The first-order valence-electron chi connectivity index (χ1n) is 11.1. The second kappa shape index (κ2) is 12.0. The number of nitrogens with one attached hydrogen (secondary N) is 1. The Hall–Kier alpha value is -1.43. The van der Waals surface area contributed by atoms with Crippen molar-refractivity contribution in [1.29, 1.82) is 0 Å². The zero-order valence-electron chi connectivity index (χ0n) is 19.4. The minimum atomic E-state index is -2.08. The highest BCUT2D eigenvalue weighted by atomic mass is 35.6. The smallest absolute Gasteiger partial charge is 0.276 e. The van der Waals surface area contributed by atoms with E-state index in [1.807, 2.05) is 37.3 Å². The first-order chi connectivity index (χ1) is 17.1. The van der Waals surface area contributed by atoms with Crippen LogP contribution < -0.4 is 5.32 Å². The average Bonchev–Trinajstić information content (AvgIpc) is 3.28. The van der Waals surface area contributed by atoms with E-state index in [0.717, 1.165) is 20.5 Å². The summed E-state index contributed by atoms with van der Waals surface area (Å²) in [6.45, 7) is 3.99. The fraction of sp³-hybridized carbons (Fsp3) is 0.375. The number of amides is 1. The van der Waals surface area contributed by atoms with E-state index in [-0.39, 0.29) is 24.7 Å². The summed E-state index contributed by atoms with van der Waals surface area (Å²) in [5.41, 5.74) is 2.97. The Kier molecular flexibility index (Phi) is 9.17. The van der Waals surface area contributed by atoms with Gasteiger partial charge in [-0.1, -0.05) is 101 Å². The Balaban J connectivity index is 1.59. The van der Waals surface area contributed by atoms with Crippen molar-refractivity contribution in [2.45, 2.75) is 47.1 Å². The molecular formula is C24H24Cl3N3O4S2. The van der Waals surface area contributed by atoms with Gasteiger partial charge in [0, 0.05) is 22.9 Å². The van der Waals surface area contributed by atoms with E-state index in [0.29, 0.717) is 17.0 Å². The lowest BCUT2D eigenvalue weighted by molar-refractivity contribution is -0.268. The number of alkyl halides is 3. The summed E-state index contributed by atoms with van der Waals surface area (Å²) >= 11 is 20.2. The van der Waals surface area contributed by atoms with Gasteiger partial charge in [-0.2, -0.15) is 0 Å². The molecule has 0 aliphatic carbocycles. The third-order valence-corrected chi connectivity index (χ3v) is 8.25. The lowest BCUT2D eigenvalue weighted by Gasteiger charge is -2.41. The molecule has 1 aromatic heterocycles. The average molecular weight is 589 g/mol. The molecule has 1 aliphatic rings. The number of carbonyl (C=O) groups is 1. The molecular weight excluding hydrogens is 565 g/mol. The van der Waals surface area contributed by atoms with E-state index in [2.05, 4.69) is 22.4 Å². The van der Waals surface area contributed by atoms with Crippen molar-refractivity contribution in [1.82, 2.24) is 10.2 Å². The summed E-state index contributed by atoms with van der Waals surface area (Å²) < 4.78 is 11.7. The van der Waals surface area contributed by atoms with E-state index in [1.165, 1.54) is 0 Å². The fourth-order valence-corrected chi connectivity index (χ4v) is 5.91. The molecule has 7 nitrogen and oxygen atoms in total. The van der Waals surface area contributed by atoms with Crippen molar-refractivity contribution in [3.63, 3.8) is 0 Å². The van der Waals surface area contributed by atoms with E-state index in [4.69, 9.17) is 44.3 Å². The number of halogens is 3. The van der Waals surface area contributed by atoms with Gasteiger partial charge in [-0.05, 0) is 30.2 Å². The number of aliphatic hydroxyl groups excluding tert-OH is 1. The third kappa shape index (κ3) is 6.90. The Morgan fingerprint density at radius 1 is 1.14 bits per heavy atom. The second-order valence-corrected chi connectivity index (χ2v) is 13.0. The molecule has 12 heteroatoms. The van der Waals surface area contributed by atoms with Gasteiger partial charge in [0.25, 0.3) is 9.70 Å². The topological polar surface area (TPSA) is 93.6 Å². The molecule has 1 fully saturated rings. The van der Waals surface area contributed by atoms with Gasteiger partial charge in [-0.15, -0.1) is 10.2 Å². The summed E-state index contributed by atoms with van der Waals surface area (Å²) in [6.07, 6.45) is -1.13. The van der Waals surface area contributed by atoms with Gasteiger partial charge in [-0.3, -0.25) is 4.79 Å². The molecule has 2 heterocycles. The van der Waals surface area contributed by atoms with Crippen LogP contribution in [0.15, 0.2) is 52.9 Å². The Bertz CT molecular complexity index is 1190. The zero-order valence-corrected chi connectivity index (χ0v) is 23.3. The van der Waals surface area contributed by atoms with Gasteiger partial charge in [-0.25, -0.2) is 0 Å². The molecule has 0 unspecified atom stereocenters. The quantitative estimate of drug-likeness (QED) is 0.250. The van der Waals surface area contributed by atoms with E-state index in [1.54, 1.807) is 41.3 Å². The maximum Gasteiger partial charge on any atom is 0.276 e. The number of anilines is 1. The number of ether oxygens (including phenoxy) is 2. The van der Waals surface area contributed by atoms with Crippen LogP contribution in [0.2, 0.25) is 0 Å². The molecule has 3 aromatic rings. The molecule has 192 valence electrons. The standard InChI is InChI=1S/C24H24Cl3N3O4S2/c1-13-19(12-35-23-30-29-14(2)36-23)33-21(34-20(13)16-8-6-15(11-31)7-9-16)17-4-3-5-18(10-17)28-22(32)24(25,26)27/h3-10,13,19-21,31H,11-12H2,1-2H3,(H,28,32)/t13-,19+,20+,21+/m0/s1. The number of thioether (sulfide) groups is 1. The van der Waals surface area contributed by atoms with Crippen LogP contribution in [0.3, 0.4) is 0 Å². The van der Waals surface area contributed by atoms with Crippen molar-refractivity contribution < 1.29 is 19.4 Å². The molecule has 0 spiro atoms. The van der Waals surface area contributed by atoms with Crippen molar-refractivity contribution >= 4 is 69.5 Å². The van der Waals surface area contributed by atoms with Crippen LogP contribution in [0.1, 0.15) is 41.0 Å². The fourth-order valence-electron chi connectivity index (χ4n) is 3.77. The highest BCUT2D eigenvalue weighted by Crippen LogP contribution is 2.43. The molecule has 1 amide bonds. The molecule has 2 N–H and O–H groups in total. The van der Waals surface area contributed by atoms with Gasteiger partial charge in [0.2, 0.25) is 0 Å². The predicted molar refractivity (Wildman–Crippen MR) is 144 cm³/mol. The molecule has 36 heavy (non-hydrogen) atoms. The molecule has 1 aliphatic heterocycles. The predicted octanol–water partition coefficient (Wildman–Crippen LogP) is 6.23. The minimum absolute atomic E-state index is 0.0231. The second-order valence-electron chi connectivity index (χ2n) is 8.30. The van der Waals surface area contributed by atoms with Crippen molar-refractivity contribution in [3.8, 4) is 0 Å². The van der Waals surface area contributed by atoms with Gasteiger partial charge >= 0.3 is 0 Å². The van der Waals surface area contributed by atoms with Crippen LogP contribution in [-0.2, 0) is 20.9 Å². The Labute approximate surface area is 232 Å². The molecule has 4 atom stereocenters. The first kappa shape index (κ1) is 27.6. The Morgan fingerprint density at radius 3 is 2.53 bits per heavy atom. The molecule has 4 rings (SSSR count). The monoisotopic (exact) mass is 587 g/mol. The normalized spacial score (nSPS) is 22.4. The number of benzene rings is 2. The van der Waals surface area contributed by atoms with Crippen molar-refractivity contribution in [2.24, 2.45) is 5.92 Å². The van der Waals surface area contributed by atoms with Crippen LogP contribution in [0.4, 0.5) is 5.69 Å². The summed E-state index contributed by atoms with van der Waals surface area (Å²) in [7, 11) is 0. The number of aryl methyl sites for hydroxylation is 1. The number of carbonyl (C=O) groups excluding carboxylic acids is 1. The van der Waals surface area contributed by atoms with Crippen LogP contribution >= 0.6 is 57.9 Å². The maximum absolute atomic E-state index is 12.1.